The highest BCUT2D eigenvalue weighted by atomic mass is 32.2. The van der Waals surface area contributed by atoms with Gasteiger partial charge in [-0.25, -0.2) is 0 Å². The van der Waals surface area contributed by atoms with Gasteiger partial charge < -0.3 is 15.2 Å². The van der Waals surface area contributed by atoms with E-state index in [2.05, 4.69) is 11.2 Å². The molecule has 0 rings (SSSR count). The molecule has 0 amide bonds. The Morgan fingerprint density at radius 3 is 3.00 bits per heavy atom. The van der Waals surface area contributed by atoms with Crippen molar-refractivity contribution in [3.8, 4) is 12.3 Å². The Balaban J connectivity index is 3.52. The van der Waals surface area contributed by atoms with Crippen molar-refractivity contribution in [1.29, 1.82) is 0 Å². The van der Waals surface area contributed by atoms with Crippen molar-refractivity contribution in [1.82, 2.24) is 5.32 Å². The standard InChI is InChI=1S/C9H15NO3S/c1-3-5-14-6-4-10-8(7-13-2)9(11)12/h1,8,10H,4-7H2,2H3,(H,11,12). The molecule has 14 heavy (non-hydrogen) atoms. The van der Waals surface area contributed by atoms with E-state index in [1.807, 2.05) is 0 Å². The van der Waals surface area contributed by atoms with Crippen molar-refractivity contribution in [3.63, 3.8) is 0 Å². The van der Waals surface area contributed by atoms with Gasteiger partial charge in [0.2, 0.25) is 0 Å². The number of terminal acetylenes is 1. The first kappa shape index (κ1) is 13.3. The zero-order valence-electron chi connectivity index (χ0n) is 8.16. The molecule has 0 saturated heterocycles. The van der Waals surface area contributed by atoms with Crippen LogP contribution in [0.4, 0.5) is 0 Å². The average molecular weight is 217 g/mol. The van der Waals surface area contributed by atoms with Crippen LogP contribution < -0.4 is 5.32 Å². The van der Waals surface area contributed by atoms with Crippen molar-refractivity contribution < 1.29 is 14.6 Å². The predicted molar refractivity (Wildman–Crippen MR) is 57.5 cm³/mol. The molecule has 1 unspecified atom stereocenters. The zero-order chi connectivity index (χ0) is 10.8. The van der Waals surface area contributed by atoms with Crippen molar-refractivity contribution in [2.45, 2.75) is 6.04 Å². The van der Waals surface area contributed by atoms with Gasteiger partial charge in [-0.05, 0) is 0 Å². The number of aliphatic carboxylic acids is 1. The summed E-state index contributed by atoms with van der Waals surface area (Å²) < 4.78 is 4.76. The molecular weight excluding hydrogens is 202 g/mol. The SMILES string of the molecule is C#CCSCCNC(COC)C(=O)O. The molecule has 0 fully saturated rings. The summed E-state index contributed by atoms with van der Waals surface area (Å²) in [7, 11) is 1.48. The molecule has 0 aromatic carbocycles. The third kappa shape index (κ3) is 6.78. The second-order valence-corrected chi connectivity index (χ2v) is 3.66. The highest BCUT2D eigenvalue weighted by Gasteiger charge is 2.15. The van der Waals surface area contributed by atoms with E-state index in [1.165, 1.54) is 7.11 Å². The van der Waals surface area contributed by atoms with E-state index in [9.17, 15) is 4.79 Å². The summed E-state index contributed by atoms with van der Waals surface area (Å²) in [6.45, 7) is 0.793. The van der Waals surface area contributed by atoms with E-state index in [0.717, 1.165) is 5.75 Å². The summed E-state index contributed by atoms with van der Waals surface area (Å²) in [6, 6.07) is -0.633. The monoisotopic (exact) mass is 217 g/mol. The lowest BCUT2D eigenvalue weighted by Gasteiger charge is -2.12. The summed E-state index contributed by atoms with van der Waals surface area (Å²) in [6.07, 6.45) is 5.06. The molecule has 1 atom stereocenters. The number of carboxylic acid groups (broad SMARTS) is 1. The van der Waals surface area contributed by atoms with Gasteiger partial charge in [0, 0.05) is 19.4 Å². The third-order valence-corrected chi connectivity index (χ3v) is 2.32. The van der Waals surface area contributed by atoms with Crippen LogP contribution in [0.15, 0.2) is 0 Å². The number of carboxylic acids is 1. The smallest absolute Gasteiger partial charge is 0.323 e. The van der Waals surface area contributed by atoms with Crippen LogP contribution in [0.5, 0.6) is 0 Å². The number of hydrogen-bond donors (Lipinski definition) is 2. The largest absolute Gasteiger partial charge is 0.480 e. The van der Waals surface area contributed by atoms with Crippen molar-refractivity contribution in [3.05, 3.63) is 0 Å². The molecular formula is C9H15NO3S. The summed E-state index contributed by atoms with van der Waals surface area (Å²) in [5.41, 5.74) is 0. The summed E-state index contributed by atoms with van der Waals surface area (Å²) in [5.74, 6) is 3.06. The summed E-state index contributed by atoms with van der Waals surface area (Å²) in [4.78, 5) is 10.6. The Bertz CT molecular complexity index is 203. The van der Waals surface area contributed by atoms with Crippen LogP contribution >= 0.6 is 11.8 Å². The van der Waals surface area contributed by atoms with Gasteiger partial charge in [-0.15, -0.1) is 18.2 Å². The Kier molecular flexibility index (Phi) is 8.43. The zero-order valence-corrected chi connectivity index (χ0v) is 8.97. The van der Waals surface area contributed by atoms with Gasteiger partial charge in [-0.1, -0.05) is 5.92 Å². The Labute approximate surface area is 88.4 Å². The molecule has 0 spiro atoms. The molecule has 0 bridgehead atoms. The average Bonchev–Trinajstić information content (AvgIpc) is 2.15. The quantitative estimate of drug-likeness (QED) is 0.444. The predicted octanol–water partition coefficient (Wildman–Crippen LogP) is 0.0420. The number of rotatable bonds is 8. The van der Waals surface area contributed by atoms with Crippen LogP contribution in [0.1, 0.15) is 0 Å². The first-order chi connectivity index (χ1) is 6.72. The van der Waals surface area contributed by atoms with Crippen molar-refractivity contribution in [2.24, 2.45) is 0 Å². The molecule has 0 aromatic rings. The molecule has 0 saturated carbocycles. The minimum atomic E-state index is -0.895. The van der Waals surface area contributed by atoms with Gasteiger partial charge in [0.05, 0.1) is 12.4 Å². The third-order valence-electron chi connectivity index (χ3n) is 1.45. The summed E-state index contributed by atoms with van der Waals surface area (Å²) in [5, 5.41) is 11.6. The molecule has 2 N–H and O–H groups in total. The molecule has 5 heteroatoms. The maximum atomic E-state index is 10.6. The topological polar surface area (TPSA) is 58.6 Å². The fourth-order valence-electron chi connectivity index (χ4n) is 0.821. The highest BCUT2D eigenvalue weighted by molar-refractivity contribution is 7.99. The molecule has 0 aromatic heterocycles. The van der Waals surface area contributed by atoms with Gasteiger partial charge in [-0.3, -0.25) is 4.79 Å². The fourth-order valence-corrected chi connectivity index (χ4v) is 1.34. The lowest BCUT2D eigenvalue weighted by molar-refractivity contribution is -0.140. The number of methoxy groups -OCH3 is 1. The van der Waals surface area contributed by atoms with E-state index in [-0.39, 0.29) is 6.61 Å². The van der Waals surface area contributed by atoms with Crippen LogP contribution in [0.3, 0.4) is 0 Å². The van der Waals surface area contributed by atoms with E-state index in [4.69, 9.17) is 16.3 Å². The minimum absolute atomic E-state index is 0.176. The fraction of sp³-hybridized carbons (Fsp3) is 0.667. The van der Waals surface area contributed by atoms with Gasteiger partial charge >= 0.3 is 5.97 Å². The first-order valence-electron chi connectivity index (χ1n) is 4.18. The van der Waals surface area contributed by atoms with E-state index < -0.39 is 12.0 Å². The Hall–Kier alpha value is -0.700. The lowest BCUT2D eigenvalue weighted by Crippen LogP contribution is -2.41. The summed E-state index contributed by atoms with van der Waals surface area (Å²) >= 11 is 1.59. The van der Waals surface area contributed by atoms with E-state index >= 15 is 0 Å². The van der Waals surface area contributed by atoms with Crippen LogP contribution in [0, 0.1) is 12.3 Å². The Morgan fingerprint density at radius 1 is 1.79 bits per heavy atom. The maximum Gasteiger partial charge on any atom is 0.323 e. The van der Waals surface area contributed by atoms with Gasteiger partial charge in [0.1, 0.15) is 6.04 Å². The van der Waals surface area contributed by atoms with Gasteiger partial charge in [0.15, 0.2) is 0 Å². The number of hydrogen-bond acceptors (Lipinski definition) is 4. The second kappa shape index (κ2) is 8.88. The molecule has 0 aliphatic carbocycles. The second-order valence-electron chi connectivity index (χ2n) is 2.56. The van der Waals surface area contributed by atoms with Gasteiger partial charge in [0.25, 0.3) is 0 Å². The normalized spacial score (nSPS) is 12.0. The molecule has 0 radical (unpaired) electrons. The van der Waals surface area contributed by atoms with E-state index in [0.29, 0.717) is 12.3 Å². The first-order valence-corrected chi connectivity index (χ1v) is 5.34. The minimum Gasteiger partial charge on any atom is -0.480 e. The van der Waals surface area contributed by atoms with E-state index in [1.54, 1.807) is 11.8 Å². The maximum absolute atomic E-state index is 10.6. The number of ether oxygens (including phenoxy) is 1. The van der Waals surface area contributed by atoms with Gasteiger partial charge in [-0.2, -0.15) is 0 Å². The van der Waals surface area contributed by atoms with Crippen LogP contribution in [0.2, 0.25) is 0 Å². The van der Waals surface area contributed by atoms with Crippen molar-refractivity contribution in [2.75, 3.05) is 31.8 Å². The molecule has 4 nitrogen and oxygen atoms in total. The van der Waals surface area contributed by atoms with Crippen LogP contribution in [-0.2, 0) is 9.53 Å². The number of carbonyl (C=O) groups is 1. The molecule has 0 aliphatic rings. The van der Waals surface area contributed by atoms with Crippen LogP contribution in [-0.4, -0.2) is 48.9 Å². The molecule has 0 aliphatic heterocycles. The molecule has 0 heterocycles. The lowest BCUT2D eigenvalue weighted by atomic mass is 10.3. The van der Waals surface area contributed by atoms with Crippen molar-refractivity contribution >= 4 is 17.7 Å². The number of nitrogens with one attached hydrogen (secondary N) is 1. The van der Waals surface area contributed by atoms with Crippen LogP contribution in [0.25, 0.3) is 0 Å². The number of thioether (sulfide) groups is 1. The molecule has 80 valence electrons. The highest BCUT2D eigenvalue weighted by Crippen LogP contribution is 1.96. The Morgan fingerprint density at radius 2 is 2.50 bits per heavy atom.